The summed E-state index contributed by atoms with van der Waals surface area (Å²) in [5.41, 5.74) is 2.44. The predicted octanol–water partition coefficient (Wildman–Crippen LogP) is 5.59. The maximum absolute atomic E-state index is 14.1. The van der Waals surface area contributed by atoms with Crippen LogP contribution in [0, 0.1) is 6.92 Å². The highest BCUT2D eigenvalue weighted by molar-refractivity contribution is 7.92. The molecule has 182 valence electrons. The number of aryl methyl sites for hydroxylation is 1. The number of alkyl halides is 3. The molecule has 34 heavy (non-hydrogen) atoms. The maximum Gasteiger partial charge on any atom is 0.431 e. The van der Waals surface area contributed by atoms with Crippen molar-refractivity contribution < 1.29 is 21.6 Å². The van der Waals surface area contributed by atoms with E-state index in [1.165, 1.54) is 11.0 Å². The molecule has 2 aromatic rings. The Morgan fingerprint density at radius 3 is 2.38 bits per heavy atom. The van der Waals surface area contributed by atoms with E-state index in [1.807, 2.05) is 35.2 Å². The van der Waals surface area contributed by atoms with Crippen LogP contribution in [0.15, 0.2) is 84.6 Å². The zero-order valence-corrected chi connectivity index (χ0v) is 20.1. The molecule has 1 atom stereocenters. The number of halogens is 3. The molecule has 0 amide bonds. The number of nitrogens with zero attached hydrogens (tertiary/aromatic N) is 2. The third-order valence-electron chi connectivity index (χ3n) is 5.53. The lowest BCUT2D eigenvalue weighted by molar-refractivity contribution is -0.115. The summed E-state index contributed by atoms with van der Waals surface area (Å²) in [4.78, 5) is 3.16. The molecule has 0 aromatic heterocycles. The molecule has 1 N–H and O–H groups in total. The van der Waals surface area contributed by atoms with Gasteiger partial charge < -0.3 is 9.80 Å². The largest absolute Gasteiger partial charge is 0.431 e. The molecular formula is C25H28F3N3O2S. The Hall–Kier alpha value is -3.20. The van der Waals surface area contributed by atoms with E-state index < -0.39 is 28.1 Å². The molecule has 1 aliphatic heterocycles. The van der Waals surface area contributed by atoms with Crippen molar-refractivity contribution >= 4 is 21.4 Å². The minimum absolute atomic E-state index is 0.0261. The van der Waals surface area contributed by atoms with Crippen molar-refractivity contribution in [1.82, 2.24) is 4.90 Å². The van der Waals surface area contributed by atoms with Gasteiger partial charge in [0.2, 0.25) is 10.0 Å². The van der Waals surface area contributed by atoms with Gasteiger partial charge in [0.25, 0.3) is 0 Å². The highest BCUT2D eigenvalue weighted by Gasteiger charge is 2.43. The molecule has 0 fully saturated rings. The molecule has 0 aliphatic carbocycles. The highest BCUT2D eigenvalue weighted by atomic mass is 32.2. The second-order valence-corrected chi connectivity index (χ2v) is 10.0. The highest BCUT2D eigenvalue weighted by Crippen LogP contribution is 2.38. The van der Waals surface area contributed by atoms with Crippen molar-refractivity contribution in [2.24, 2.45) is 0 Å². The molecule has 0 saturated heterocycles. The van der Waals surface area contributed by atoms with Gasteiger partial charge in [-0.3, -0.25) is 4.72 Å². The Balaban J connectivity index is 2.05. The van der Waals surface area contributed by atoms with Crippen LogP contribution in [-0.4, -0.2) is 39.0 Å². The minimum atomic E-state index is -4.56. The summed E-state index contributed by atoms with van der Waals surface area (Å²) < 4.78 is 68.0. The van der Waals surface area contributed by atoms with Crippen molar-refractivity contribution in [2.75, 3.05) is 22.9 Å². The first-order chi connectivity index (χ1) is 15.9. The summed E-state index contributed by atoms with van der Waals surface area (Å²) in [6, 6.07) is 14.2. The number of rotatable bonds is 8. The molecule has 0 spiro atoms. The molecule has 3 rings (SSSR count). The van der Waals surface area contributed by atoms with Gasteiger partial charge in [0.15, 0.2) is 0 Å². The van der Waals surface area contributed by atoms with Crippen molar-refractivity contribution in [3.05, 3.63) is 95.7 Å². The van der Waals surface area contributed by atoms with Crippen LogP contribution in [0.4, 0.5) is 24.5 Å². The van der Waals surface area contributed by atoms with Crippen molar-refractivity contribution in [2.45, 2.75) is 32.2 Å². The molecule has 1 aliphatic rings. The Bertz CT molecular complexity index is 1210. The van der Waals surface area contributed by atoms with Crippen molar-refractivity contribution in [3.8, 4) is 0 Å². The van der Waals surface area contributed by atoms with Crippen LogP contribution in [0.3, 0.4) is 0 Å². The SMILES string of the molecule is C=CCC1=CC=C(C(F)(F)F)N(Cc2ccc(NS(C)(=O)=O)c(C)c2)C1N(C)c1ccccc1. The average molecular weight is 492 g/mol. The minimum Gasteiger partial charge on any atom is -0.351 e. The number of sulfonamides is 1. The number of anilines is 2. The van der Waals surface area contributed by atoms with E-state index in [2.05, 4.69) is 11.3 Å². The van der Waals surface area contributed by atoms with E-state index in [1.54, 1.807) is 38.2 Å². The second-order valence-electron chi connectivity index (χ2n) is 8.26. The molecule has 1 unspecified atom stereocenters. The van der Waals surface area contributed by atoms with Gasteiger partial charge in [-0.2, -0.15) is 13.2 Å². The lowest BCUT2D eigenvalue weighted by atomic mass is 9.99. The Morgan fingerprint density at radius 1 is 1.15 bits per heavy atom. The Labute approximate surface area is 198 Å². The van der Waals surface area contributed by atoms with Crippen LogP contribution >= 0.6 is 0 Å². The monoisotopic (exact) mass is 491 g/mol. The summed E-state index contributed by atoms with van der Waals surface area (Å²) in [5, 5.41) is 0. The first kappa shape index (κ1) is 25.4. The summed E-state index contributed by atoms with van der Waals surface area (Å²) in [6.07, 6.45) is 0.533. The molecule has 5 nitrogen and oxygen atoms in total. The number of para-hydroxylation sites is 1. The summed E-state index contributed by atoms with van der Waals surface area (Å²) in [5.74, 6) is 0. The van der Waals surface area contributed by atoms with Gasteiger partial charge >= 0.3 is 6.18 Å². The number of nitrogens with one attached hydrogen (secondary N) is 1. The van der Waals surface area contributed by atoms with E-state index in [9.17, 15) is 21.6 Å². The number of hydrogen-bond acceptors (Lipinski definition) is 4. The Kier molecular flexibility index (Phi) is 7.45. The summed E-state index contributed by atoms with van der Waals surface area (Å²) in [7, 11) is -1.70. The summed E-state index contributed by atoms with van der Waals surface area (Å²) >= 11 is 0. The van der Waals surface area contributed by atoms with E-state index in [-0.39, 0.29) is 6.54 Å². The second kappa shape index (κ2) is 9.97. The Morgan fingerprint density at radius 2 is 1.82 bits per heavy atom. The maximum atomic E-state index is 14.1. The van der Waals surface area contributed by atoms with E-state index >= 15 is 0 Å². The number of benzene rings is 2. The molecule has 0 saturated carbocycles. The normalized spacial score (nSPS) is 16.5. The predicted molar refractivity (Wildman–Crippen MR) is 131 cm³/mol. The molecule has 2 aromatic carbocycles. The topological polar surface area (TPSA) is 52.7 Å². The molecular weight excluding hydrogens is 463 g/mol. The summed E-state index contributed by atoms with van der Waals surface area (Å²) in [6.45, 7) is 5.46. The van der Waals surface area contributed by atoms with Crippen LogP contribution in [0.1, 0.15) is 17.5 Å². The average Bonchev–Trinajstić information content (AvgIpc) is 2.74. The fraction of sp³-hybridized carbons (Fsp3) is 0.280. The third kappa shape index (κ3) is 6.02. The first-order valence-electron chi connectivity index (χ1n) is 10.6. The van der Waals surface area contributed by atoms with Crippen LogP contribution in [0.25, 0.3) is 0 Å². The smallest absolute Gasteiger partial charge is 0.351 e. The molecule has 1 heterocycles. The van der Waals surface area contributed by atoms with Gasteiger partial charge in [-0.15, -0.1) is 6.58 Å². The van der Waals surface area contributed by atoms with Crippen molar-refractivity contribution in [3.63, 3.8) is 0 Å². The van der Waals surface area contributed by atoms with Gasteiger partial charge in [0.05, 0.1) is 11.9 Å². The molecule has 9 heteroatoms. The van der Waals surface area contributed by atoms with E-state index in [0.29, 0.717) is 23.2 Å². The zero-order valence-electron chi connectivity index (χ0n) is 19.3. The van der Waals surface area contributed by atoms with Gasteiger partial charge in [-0.25, -0.2) is 8.42 Å². The fourth-order valence-corrected chi connectivity index (χ4v) is 4.69. The third-order valence-corrected chi connectivity index (χ3v) is 6.12. The van der Waals surface area contributed by atoms with E-state index in [4.69, 9.17) is 0 Å². The van der Waals surface area contributed by atoms with Crippen molar-refractivity contribution in [1.29, 1.82) is 0 Å². The van der Waals surface area contributed by atoms with Crippen LogP contribution < -0.4 is 9.62 Å². The first-order valence-corrected chi connectivity index (χ1v) is 12.5. The van der Waals surface area contributed by atoms with Gasteiger partial charge in [-0.1, -0.05) is 42.5 Å². The van der Waals surface area contributed by atoms with Gasteiger partial charge in [-0.05, 0) is 54.3 Å². The van der Waals surface area contributed by atoms with Gasteiger partial charge in [0, 0.05) is 19.3 Å². The van der Waals surface area contributed by atoms with Gasteiger partial charge in [0.1, 0.15) is 11.9 Å². The fourth-order valence-electron chi connectivity index (χ4n) is 4.07. The standard InChI is InChI=1S/C25H28F3N3O2S/c1-5-9-20-13-15-23(25(26,27)28)31(24(20)30(3)21-10-7-6-8-11-21)17-19-12-14-22(18(2)16-19)29-34(4,32)33/h5-8,10-16,24,29H,1,9,17H2,2-4H3. The molecule has 0 radical (unpaired) electrons. The number of allylic oxidation sites excluding steroid dienone is 4. The molecule has 0 bridgehead atoms. The quantitative estimate of drug-likeness (QED) is 0.489. The van der Waals surface area contributed by atoms with E-state index in [0.717, 1.165) is 23.6 Å². The lowest BCUT2D eigenvalue weighted by Gasteiger charge is -2.45. The van der Waals surface area contributed by atoms with Crippen LogP contribution in [0.5, 0.6) is 0 Å². The zero-order chi connectivity index (χ0) is 25.1. The lowest BCUT2D eigenvalue weighted by Crippen LogP contribution is -2.51. The van der Waals surface area contributed by atoms with Crippen LogP contribution in [0.2, 0.25) is 0 Å². The number of likely N-dealkylation sites (N-methyl/N-ethyl adjacent to an activating group) is 1. The number of hydrogen-bond donors (Lipinski definition) is 1. The van der Waals surface area contributed by atoms with Crippen LogP contribution in [-0.2, 0) is 16.6 Å².